The zero-order valence-corrected chi connectivity index (χ0v) is 11.3. The summed E-state index contributed by atoms with van der Waals surface area (Å²) in [5, 5.41) is 0. The third kappa shape index (κ3) is 2.30. The molecular formula is C17H19NO. The molecule has 0 aromatic heterocycles. The molecule has 2 heteroatoms. The first kappa shape index (κ1) is 12.1. The molecule has 0 aliphatic carbocycles. The highest BCUT2D eigenvalue weighted by Gasteiger charge is 2.11. The second-order valence-electron chi connectivity index (χ2n) is 5.04. The smallest absolute Gasteiger partial charge is 0.122 e. The quantitative estimate of drug-likeness (QED) is 0.826. The van der Waals surface area contributed by atoms with E-state index in [4.69, 9.17) is 10.5 Å². The summed E-state index contributed by atoms with van der Waals surface area (Å²) in [7, 11) is 0. The molecule has 0 atom stereocenters. The first-order valence-electron chi connectivity index (χ1n) is 6.92. The number of aryl methyl sites for hydroxylation is 2. The van der Waals surface area contributed by atoms with Gasteiger partial charge in [0.15, 0.2) is 0 Å². The van der Waals surface area contributed by atoms with Gasteiger partial charge in [-0.2, -0.15) is 0 Å². The highest BCUT2D eigenvalue weighted by atomic mass is 16.5. The summed E-state index contributed by atoms with van der Waals surface area (Å²) in [6.45, 7) is 2.98. The Labute approximate surface area is 114 Å². The van der Waals surface area contributed by atoms with Crippen LogP contribution >= 0.6 is 0 Å². The predicted molar refractivity (Wildman–Crippen MR) is 79.5 cm³/mol. The van der Waals surface area contributed by atoms with Crippen molar-refractivity contribution in [3.8, 4) is 16.9 Å². The zero-order valence-electron chi connectivity index (χ0n) is 11.3. The minimum atomic E-state index is 0.841. The number of hydrogen-bond donors (Lipinski definition) is 1. The lowest BCUT2D eigenvalue weighted by molar-refractivity contribution is 0.288. The minimum Gasteiger partial charge on any atom is -0.493 e. The Morgan fingerprint density at radius 2 is 1.89 bits per heavy atom. The number of rotatable bonds is 2. The Bertz CT molecular complexity index is 604. The van der Waals surface area contributed by atoms with Gasteiger partial charge in [-0.1, -0.05) is 19.1 Å². The summed E-state index contributed by atoms with van der Waals surface area (Å²) in [5.41, 5.74) is 11.9. The first-order chi connectivity index (χ1) is 9.28. The van der Waals surface area contributed by atoms with Crippen LogP contribution in [0.3, 0.4) is 0 Å². The van der Waals surface area contributed by atoms with Gasteiger partial charge in [-0.25, -0.2) is 0 Å². The third-order valence-corrected chi connectivity index (χ3v) is 3.77. The number of nitrogen functional groups attached to an aromatic ring is 1. The van der Waals surface area contributed by atoms with Crippen molar-refractivity contribution in [2.75, 3.05) is 12.3 Å². The topological polar surface area (TPSA) is 35.2 Å². The van der Waals surface area contributed by atoms with Gasteiger partial charge in [0.05, 0.1) is 6.61 Å². The van der Waals surface area contributed by atoms with E-state index in [0.717, 1.165) is 37.3 Å². The van der Waals surface area contributed by atoms with Crippen LogP contribution in [0.25, 0.3) is 11.1 Å². The second-order valence-corrected chi connectivity index (χ2v) is 5.04. The summed E-state index contributed by atoms with van der Waals surface area (Å²) >= 11 is 0. The van der Waals surface area contributed by atoms with E-state index in [9.17, 15) is 0 Å². The molecule has 2 nitrogen and oxygen atoms in total. The molecule has 0 radical (unpaired) electrons. The lowest BCUT2D eigenvalue weighted by Crippen LogP contribution is -2.08. The number of ether oxygens (including phenoxy) is 1. The normalized spacial score (nSPS) is 13.7. The number of nitrogens with two attached hydrogens (primary N) is 1. The molecule has 0 unspecified atom stereocenters. The van der Waals surface area contributed by atoms with Crippen LogP contribution in [0.5, 0.6) is 5.75 Å². The van der Waals surface area contributed by atoms with Crippen molar-refractivity contribution in [3.05, 3.63) is 47.5 Å². The van der Waals surface area contributed by atoms with Gasteiger partial charge in [0.25, 0.3) is 0 Å². The van der Waals surface area contributed by atoms with Crippen LogP contribution in [0.2, 0.25) is 0 Å². The minimum absolute atomic E-state index is 0.841. The fraction of sp³-hybridized carbons (Fsp3) is 0.294. The van der Waals surface area contributed by atoms with Crippen LogP contribution in [0, 0.1) is 0 Å². The van der Waals surface area contributed by atoms with E-state index in [1.54, 1.807) is 0 Å². The average molecular weight is 253 g/mol. The molecule has 0 fully saturated rings. The largest absolute Gasteiger partial charge is 0.493 e. The van der Waals surface area contributed by atoms with Crippen molar-refractivity contribution in [2.24, 2.45) is 0 Å². The Balaban J connectivity index is 2.02. The van der Waals surface area contributed by atoms with E-state index >= 15 is 0 Å². The molecule has 1 aliphatic rings. The van der Waals surface area contributed by atoms with Crippen LogP contribution < -0.4 is 10.5 Å². The summed E-state index contributed by atoms with van der Waals surface area (Å²) in [6, 6.07) is 12.8. The molecule has 0 saturated heterocycles. The first-order valence-corrected chi connectivity index (χ1v) is 6.92. The Morgan fingerprint density at radius 1 is 1.11 bits per heavy atom. The molecule has 2 N–H and O–H groups in total. The number of anilines is 1. The van der Waals surface area contributed by atoms with Gasteiger partial charge in [-0.15, -0.1) is 0 Å². The maximum absolute atomic E-state index is 5.97. The van der Waals surface area contributed by atoms with Gasteiger partial charge in [-0.05, 0) is 65.8 Å². The van der Waals surface area contributed by atoms with Crippen molar-refractivity contribution in [1.82, 2.24) is 0 Å². The molecule has 3 rings (SSSR count). The molecule has 98 valence electrons. The van der Waals surface area contributed by atoms with Gasteiger partial charge in [0.2, 0.25) is 0 Å². The molecule has 19 heavy (non-hydrogen) atoms. The molecule has 0 saturated carbocycles. The molecule has 1 heterocycles. The van der Waals surface area contributed by atoms with Crippen molar-refractivity contribution < 1.29 is 4.74 Å². The molecule has 2 aromatic rings. The molecule has 0 spiro atoms. The van der Waals surface area contributed by atoms with Crippen molar-refractivity contribution in [3.63, 3.8) is 0 Å². The predicted octanol–water partition coefficient (Wildman–Crippen LogP) is 3.82. The maximum Gasteiger partial charge on any atom is 0.122 e. The van der Waals surface area contributed by atoms with Crippen LogP contribution in [0.1, 0.15) is 24.5 Å². The van der Waals surface area contributed by atoms with Gasteiger partial charge in [0, 0.05) is 5.69 Å². The van der Waals surface area contributed by atoms with Crippen LogP contribution in [0.15, 0.2) is 36.4 Å². The fourth-order valence-electron chi connectivity index (χ4n) is 2.63. The summed E-state index contributed by atoms with van der Waals surface area (Å²) < 4.78 is 5.66. The highest BCUT2D eigenvalue weighted by molar-refractivity contribution is 5.69. The van der Waals surface area contributed by atoms with E-state index in [1.165, 1.54) is 22.3 Å². The van der Waals surface area contributed by atoms with Crippen molar-refractivity contribution >= 4 is 5.69 Å². The summed E-state index contributed by atoms with van der Waals surface area (Å²) in [6.07, 6.45) is 3.19. The van der Waals surface area contributed by atoms with E-state index in [1.807, 2.05) is 6.07 Å². The van der Waals surface area contributed by atoms with Crippen LogP contribution in [-0.2, 0) is 12.8 Å². The monoisotopic (exact) mass is 253 g/mol. The van der Waals surface area contributed by atoms with Crippen molar-refractivity contribution in [1.29, 1.82) is 0 Å². The van der Waals surface area contributed by atoms with Crippen molar-refractivity contribution in [2.45, 2.75) is 26.2 Å². The summed E-state index contributed by atoms with van der Waals surface area (Å²) in [4.78, 5) is 0. The lowest BCUT2D eigenvalue weighted by atomic mass is 9.97. The van der Waals surface area contributed by atoms with E-state index in [0.29, 0.717) is 0 Å². The van der Waals surface area contributed by atoms with Crippen LogP contribution in [-0.4, -0.2) is 6.61 Å². The van der Waals surface area contributed by atoms with Gasteiger partial charge in [0.1, 0.15) is 5.75 Å². The third-order valence-electron chi connectivity index (χ3n) is 3.77. The SMILES string of the molecule is CCc1cc(-c2ccc3c(c2)CCCO3)ccc1N. The fourth-order valence-corrected chi connectivity index (χ4v) is 2.63. The Kier molecular flexibility index (Phi) is 3.16. The van der Waals surface area contributed by atoms with Gasteiger partial charge in [-0.3, -0.25) is 0 Å². The van der Waals surface area contributed by atoms with E-state index in [2.05, 4.69) is 37.3 Å². The van der Waals surface area contributed by atoms with E-state index < -0.39 is 0 Å². The van der Waals surface area contributed by atoms with Gasteiger partial charge >= 0.3 is 0 Å². The Morgan fingerprint density at radius 3 is 2.74 bits per heavy atom. The molecule has 0 amide bonds. The summed E-state index contributed by atoms with van der Waals surface area (Å²) in [5.74, 6) is 1.04. The molecule has 1 aliphatic heterocycles. The number of hydrogen-bond acceptors (Lipinski definition) is 2. The maximum atomic E-state index is 5.97. The van der Waals surface area contributed by atoms with Gasteiger partial charge < -0.3 is 10.5 Å². The van der Waals surface area contributed by atoms with E-state index in [-0.39, 0.29) is 0 Å². The number of fused-ring (bicyclic) bond motifs is 1. The molecule has 2 aromatic carbocycles. The van der Waals surface area contributed by atoms with Crippen LogP contribution in [0.4, 0.5) is 5.69 Å². The average Bonchev–Trinajstić information content (AvgIpc) is 2.47. The highest BCUT2D eigenvalue weighted by Crippen LogP contribution is 2.31. The standard InChI is InChI=1S/C17H19NO/c1-2-12-10-13(5-7-16(12)18)14-6-8-17-15(11-14)4-3-9-19-17/h5-8,10-11H,2-4,9,18H2,1H3. The molecule has 0 bridgehead atoms. The Hall–Kier alpha value is -1.96. The molecular weight excluding hydrogens is 234 g/mol. The lowest BCUT2D eigenvalue weighted by Gasteiger charge is -2.18. The zero-order chi connectivity index (χ0) is 13.2. The second kappa shape index (κ2) is 4.96. The number of benzene rings is 2.